The molecular formula is C18H34N2O3. The Balaban J connectivity index is 1.78. The van der Waals surface area contributed by atoms with Crippen LogP contribution >= 0.6 is 0 Å². The van der Waals surface area contributed by atoms with E-state index >= 15 is 0 Å². The molecule has 1 unspecified atom stereocenters. The normalized spacial score (nSPS) is 35.6. The van der Waals surface area contributed by atoms with Gasteiger partial charge >= 0.3 is 6.09 Å². The molecule has 1 aliphatic carbocycles. The maximum Gasteiger partial charge on any atom is 0.407 e. The molecule has 2 aliphatic rings. The van der Waals surface area contributed by atoms with Crippen LogP contribution in [-0.4, -0.2) is 42.0 Å². The summed E-state index contributed by atoms with van der Waals surface area (Å²) in [6.07, 6.45) is 6.87. The van der Waals surface area contributed by atoms with E-state index in [1.54, 1.807) is 0 Å². The Hall–Kier alpha value is -0.810. The van der Waals surface area contributed by atoms with Crippen molar-refractivity contribution in [1.82, 2.24) is 10.6 Å². The zero-order valence-electron chi connectivity index (χ0n) is 15.4. The summed E-state index contributed by atoms with van der Waals surface area (Å²) in [5.41, 5.74) is -0.440. The van der Waals surface area contributed by atoms with Gasteiger partial charge in [0.1, 0.15) is 5.60 Å². The third kappa shape index (κ3) is 6.68. The number of carbonyl (C=O) groups excluding carboxylic acids is 1. The van der Waals surface area contributed by atoms with Crippen LogP contribution in [0.4, 0.5) is 4.79 Å². The largest absolute Gasteiger partial charge is 0.444 e. The van der Waals surface area contributed by atoms with Gasteiger partial charge in [-0.25, -0.2) is 4.79 Å². The lowest BCUT2D eigenvalue weighted by molar-refractivity contribution is -0.0442. The highest BCUT2D eigenvalue weighted by molar-refractivity contribution is 5.68. The monoisotopic (exact) mass is 326 g/mol. The third-order valence-electron chi connectivity index (χ3n) is 4.56. The van der Waals surface area contributed by atoms with Crippen LogP contribution in [0.25, 0.3) is 0 Å². The van der Waals surface area contributed by atoms with E-state index in [1.165, 1.54) is 6.42 Å². The van der Waals surface area contributed by atoms with Crippen molar-refractivity contribution in [3.8, 4) is 0 Å². The van der Waals surface area contributed by atoms with Gasteiger partial charge in [-0.1, -0.05) is 0 Å². The van der Waals surface area contributed by atoms with E-state index in [0.29, 0.717) is 24.3 Å². The molecule has 0 aromatic rings. The summed E-state index contributed by atoms with van der Waals surface area (Å²) >= 11 is 0. The average Bonchev–Trinajstić information content (AvgIpc) is 2.35. The smallest absolute Gasteiger partial charge is 0.407 e. The zero-order valence-corrected chi connectivity index (χ0v) is 15.4. The van der Waals surface area contributed by atoms with Gasteiger partial charge in [-0.15, -0.1) is 0 Å². The molecule has 0 aromatic carbocycles. The molecular weight excluding hydrogens is 292 g/mol. The summed E-state index contributed by atoms with van der Waals surface area (Å²) in [4.78, 5) is 11.9. The Morgan fingerprint density at radius 3 is 2.22 bits per heavy atom. The second kappa shape index (κ2) is 7.84. The van der Waals surface area contributed by atoms with Gasteiger partial charge in [0.05, 0.1) is 12.2 Å². The number of hydrogen-bond donors (Lipinski definition) is 2. The maximum atomic E-state index is 11.9. The van der Waals surface area contributed by atoms with E-state index in [9.17, 15) is 4.79 Å². The lowest BCUT2D eigenvalue weighted by Crippen LogP contribution is -2.50. The minimum atomic E-state index is -0.440. The van der Waals surface area contributed by atoms with Gasteiger partial charge in [0, 0.05) is 18.1 Å². The van der Waals surface area contributed by atoms with Gasteiger partial charge in [0.25, 0.3) is 0 Å². The molecule has 1 saturated heterocycles. The molecule has 0 bridgehead atoms. The van der Waals surface area contributed by atoms with E-state index < -0.39 is 5.60 Å². The number of alkyl carbamates (subject to hydrolysis) is 1. The number of hydrogen-bond acceptors (Lipinski definition) is 4. The highest BCUT2D eigenvalue weighted by Gasteiger charge is 2.30. The van der Waals surface area contributed by atoms with Crippen LogP contribution in [0.2, 0.25) is 0 Å². The molecule has 1 amide bonds. The van der Waals surface area contributed by atoms with Gasteiger partial charge in [0.2, 0.25) is 0 Å². The number of amides is 1. The molecule has 2 fully saturated rings. The van der Waals surface area contributed by atoms with Crippen molar-refractivity contribution >= 4 is 6.09 Å². The Morgan fingerprint density at radius 1 is 1.00 bits per heavy atom. The Morgan fingerprint density at radius 2 is 1.61 bits per heavy atom. The molecule has 5 atom stereocenters. The number of rotatable bonds is 3. The van der Waals surface area contributed by atoms with Crippen molar-refractivity contribution in [3.63, 3.8) is 0 Å². The van der Waals surface area contributed by atoms with Crippen LogP contribution in [0.1, 0.15) is 73.1 Å². The van der Waals surface area contributed by atoms with Gasteiger partial charge < -0.3 is 20.1 Å². The molecule has 1 heterocycles. The fraction of sp³-hybridized carbons (Fsp3) is 0.944. The molecule has 0 radical (unpaired) electrons. The van der Waals surface area contributed by atoms with Gasteiger partial charge in [0.15, 0.2) is 0 Å². The van der Waals surface area contributed by atoms with E-state index in [0.717, 1.165) is 32.1 Å². The number of ether oxygens (including phenoxy) is 2. The third-order valence-corrected chi connectivity index (χ3v) is 4.56. The van der Waals surface area contributed by atoms with E-state index in [-0.39, 0.29) is 12.1 Å². The van der Waals surface area contributed by atoms with Crippen LogP contribution in [0, 0.1) is 0 Å². The minimum Gasteiger partial charge on any atom is -0.444 e. The predicted octanol–water partition coefficient (Wildman–Crippen LogP) is 3.37. The first-order chi connectivity index (χ1) is 10.7. The van der Waals surface area contributed by atoms with Crippen LogP contribution < -0.4 is 10.6 Å². The Bertz CT molecular complexity index is 384. The van der Waals surface area contributed by atoms with Gasteiger partial charge in [-0.2, -0.15) is 0 Å². The summed E-state index contributed by atoms with van der Waals surface area (Å²) in [5, 5.41) is 6.83. The molecule has 5 heteroatoms. The van der Waals surface area contributed by atoms with Crippen molar-refractivity contribution in [2.24, 2.45) is 0 Å². The molecule has 2 N–H and O–H groups in total. The molecule has 134 valence electrons. The predicted molar refractivity (Wildman–Crippen MR) is 91.6 cm³/mol. The molecule has 0 aromatic heterocycles. The SMILES string of the molecule is C[C@@H]1CC(N[C@@H]2CCC[C@H](NC(=O)OC(C)(C)C)C2)C[C@H](C)O1. The van der Waals surface area contributed by atoms with E-state index in [2.05, 4.69) is 24.5 Å². The lowest BCUT2D eigenvalue weighted by atomic mass is 9.89. The molecule has 1 aliphatic heterocycles. The fourth-order valence-electron chi connectivity index (χ4n) is 3.82. The molecule has 5 nitrogen and oxygen atoms in total. The molecule has 1 saturated carbocycles. The second-order valence-electron chi connectivity index (χ2n) is 8.30. The number of nitrogens with one attached hydrogen (secondary N) is 2. The van der Waals surface area contributed by atoms with Gasteiger partial charge in [-0.3, -0.25) is 0 Å². The summed E-state index contributed by atoms with van der Waals surface area (Å²) in [7, 11) is 0. The minimum absolute atomic E-state index is 0.214. The van der Waals surface area contributed by atoms with Crippen molar-refractivity contribution in [1.29, 1.82) is 0 Å². The Labute approximate surface area is 140 Å². The first kappa shape index (κ1) is 18.5. The fourth-order valence-corrected chi connectivity index (χ4v) is 3.82. The summed E-state index contributed by atoms with van der Waals surface area (Å²) in [6, 6.07) is 1.22. The standard InChI is InChI=1S/C18H34N2O3/c1-12-9-16(10-13(2)22-12)19-14-7-6-8-15(11-14)20-17(21)23-18(3,4)5/h12-16,19H,6-11H2,1-5H3,(H,20,21)/t12-,13+,14-,15+,16?/m1/s1. The summed E-state index contributed by atoms with van der Waals surface area (Å²) in [6.45, 7) is 9.98. The quantitative estimate of drug-likeness (QED) is 0.835. The maximum absolute atomic E-state index is 11.9. The lowest BCUT2D eigenvalue weighted by Gasteiger charge is -2.38. The summed E-state index contributed by atoms with van der Waals surface area (Å²) in [5.74, 6) is 0. The first-order valence-corrected chi connectivity index (χ1v) is 9.12. The summed E-state index contributed by atoms with van der Waals surface area (Å²) < 4.78 is 11.2. The van der Waals surface area contributed by atoms with Crippen LogP contribution in [-0.2, 0) is 9.47 Å². The highest BCUT2D eigenvalue weighted by Crippen LogP contribution is 2.24. The Kier molecular flexibility index (Phi) is 6.32. The topological polar surface area (TPSA) is 59.6 Å². The van der Waals surface area contributed by atoms with Crippen molar-refractivity contribution in [2.45, 2.75) is 109 Å². The molecule has 0 spiro atoms. The van der Waals surface area contributed by atoms with Crippen molar-refractivity contribution in [3.05, 3.63) is 0 Å². The van der Waals surface area contributed by atoms with E-state index in [4.69, 9.17) is 9.47 Å². The van der Waals surface area contributed by atoms with Gasteiger partial charge in [-0.05, 0) is 73.1 Å². The zero-order chi connectivity index (χ0) is 17.0. The second-order valence-corrected chi connectivity index (χ2v) is 8.30. The van der Waals surface area contributed by atoms with Crippen LogP contribution in [0.3, 0.4) is 0 Å². The number of carbonyl (C=O) groups is 1. The van der Waals surface area contributed by atoms with Crippen molar-refractivity contribution in [2.75, 3.05) is 0 Å². The molecule has 23 heavy (non-hydrogen) atoms. The van der Waals surface area contributed by atoms with Crippen LogP contribution in [0.15, 0.2) is 0 Å². The van der Waals surface area contributed by atoms with Crippen molar-refractivity contribution < 1.29 is 14.3 Å². The van der Waals surface area contributed by atoms with Crippen LogP contribution in [0.5, 0.6) is 0 Å². The van der Waals surface area contributed by atoms with E-state index in [1.807, 2.05) is 20.8 Å². The average molecular weight is 326 g/mol. The first-order valence-electron chi connectivity index (χ1n) is 9.12. The highest BCUT2D eigenvalue weighted by atomic mass is 16.6. The molecule has 2 rings (SSSR count).